The first-order valence-electron chi connectivity index (χ1n) is 8.51. The van der Waals surface area contributed by atoms with Crippen LogP contribution >= 0.6 is 0 Å². The van der Waals surface area contributed by atoms with Crippen molar-refractivity contribution in [2.45, 2.75) is 13.0 Å². The molecule has 1 unspecified atom stereocenters. The lowest BCUT2D eigenvalue weighted by atomic mass is 10.1. The van der Waals surface area contributed by atoms with Crippen molar-refractivity contribution in [2.75, 3.05) is 24.5 Å². The van der Waals surface area contributed by atoms with Gasteiger partial charge in [0.25, 0.3) is 5.91 Å². The average molecular weight is 346 g/mol. The van der Waals surface area contributed by atoms with E-state index < -0.39 is 0 Å². The van der Waals surface area contributed by atoms with Crippen LogP contribution in [0.4, 0.5) is 5.82 Å². The molecule has 0 radical (unpaired) electrons. The molecule has 0 aliphatic carbocycles. The lowest BCUT2D eigenvalue weighted by Crippen LogP contribution is -2.54. The number of anilines is 1. The van der Waals surface area contributed by atoms with Crippen molar-refractivity contribution in [3.63, 3.8) is 0 Å². The third-order valence-electron chi connectivity index (χ3n) is 4.77. The molecule has 1 N–H and O–H groups in total. The second-order valence-electron chi connectivity index (χ2n) is 6.41. The molecule has 1 aromatic carbocycles. The van der Waals surface area contributed by atoms with Crippen LogP contribution in [0.25, 0.3) is 10.9 Å². The number of rotatable bonds is 2. The molecule has 1 aliphatic rings. The van der Waals surface area contributed by atoms with Crippen LogP contribution in [-0.4, -0.2) is 51.4 Å². The summed E-state index contributed by atoms with van der Waals surface area (Å²) in [7, 11) is 0. The highest BCUT2D eigenvalue weighted by atomic mass is 16.2. The van der Waals surface area contributed by atoms with Crippen molar-refractivity contribution >= 4 is 22.6 Å². The zero-order valence-corrected chi connectivity index (χ0v) is 14.4. The van der Waals surface area contributed by atoms with Crippen molar-refractivity contribution in [1.82, 2.24) is 19.9 Å². The van der Waals surface area contributed by atoms with Crippen LogP contribution < -0.4 is 4.90 Å². The summed E-state index contributed by atoms with van der Waals surface area (Å²) in [5.74, 6) is 0.614. The van der Waals surface area contributed by atoms with Gasteiger partial charge < -0.3 is 14.8 Å². The number of aromatic nitrogens is 3. The molecule has 0 spiro atoms. The van der Waals surface area contributed by atoms with Gasteiger partial charge in [0, 0.05) is 60.7 Å². The predicted octanol–water partition coefficient (Wildman–Crippen LogP) is 2.18. The van der Waals surface area contributed by atoms with E-state index in [4.69, 9.17) is 0 Å². The Morgan fingerprint density at radius 1 is 1.27 bits per heavy atom. The minimum atomic E-state index is 0.00622. The van der Waals surface area contributed by atoms with E-state index in [1.807, 2.05) is 47.2 Å². The SMILES string of the molecule is CC1CN(c2nccnc2C#N)CCN1C(=O)c1ccc2[nH]ccc2c1. The van der Waals surface area contributed by atoms with Gasteiger partial charge in [-0.15, -0.1) is 0 Å². The van der Waals surface area contributed by atoms with Crippen LogP contribution in [0.3, 0.4) is 0 Å². The van der Waals surface area contributed by atoms with Gasteiger partial charge in [0.05, 0.1) is 0 Å². The number of carbonyl (C=O) groups excluding carboxylic acids is 1. The van der Waals surface area contributed by atoms with Gasteiger partial charge in [0.1, 0.15) is 6.07 Å². The molecule has 1 amide bonds. The van der Waals surface area contributed by atoms with E-state index in [0.29, 0.717) is 36.7 Å². The molecule has 1 atom stereocenters. The Balaban J connectivity index is 1.53. The number of aromatic amines is 1. The molecule has 7 nitrogen and oxygen atoms in total. The third-order valence-corrected chi connectivity index (χ3v) is 4.77. The van der Waals surface area contributed by atoms with Gasteiger partial charge in [0.15, 0.2) is 11.5 Å². The van der Waals surface area contributed by atoms with Crippen molar-refractivity contribution in [2.24, 2.45) is 0 Å². The molecular formula is C19H18N6O. The van der Waals surface area contributed by atoms with Gasteiger partial charge in [-0.1, -0.05) is 0 Å². The Morgan fingerprint density at radius 3 is 2.92 bits per heavy atom. The van der Waals surface area contributed by atoms with E-state index in [1.165, 1.54) is 6.20 Å². The predicted molar refractivity (Wildman–Crippen MR) is 97.8 cm³/mol. The molecule has 0 saturated carbocycles. The molecule has 3 heterocycles. The summed E-state index contributed by atoms with van der Waals surface area (Å²) in [5.41, 5.74) is 2.03. The number of hydrogen-bond acceptors (Lipinski definition) is 5. The van der Waals surface area contributed by atoms with Crippen LogP contribution in [0.2, 0.25) is 0 Å². The number of amides is 1. The molecule has 26 heavy (non-hydrogen) atoms. The maximum atomic E-state index is 13.0. The van der Waals surface area contributed by atoms with E-state index >= 15 is 0 Å². The van der Waals surface area contributed by atoms with Crippen molar-refractivity contribution in [3.8, 4) is 6.07 Å². The molecule has 7 heteroatoms. The summed E-state index contributed by atoms with van der Waals surface area (Å²) in [6.45, 7) is 3.83. The maximum absolute atomic E-state index is 13.0. The third kappa shape index (κ3) is 2.75. The average Bonchev–Trinajstić information content (AvgIpc) is 3.15. The summed E-state index contributed by atoms with van der Waals surface area (Å²) < 4.78 is 0. The van der Waals surface area contributed by atoms with Gasteiger partial charge in [-0.25, -0.2) is 9.97 Å². The largest absolute Gasteiger partial charge is 0.361 e. The van der Waals surface area contributed by atoms with Gasteiger partial charge in [-0.3, -0.25) is 4.79 Å². The van der Waals surface area contributed by atoms with E-state index in [0.717, 1.165) is 10.9 Å². The topological polar surface area (TPSA) is 88.9 Å². The van der Waals surface area contributed by atoms with Crippen molar-refractivity contribution < 1.29 is 4.79 Å². The highest BCUT2D eigenvalue weighted by Gasteiger charge is 2.30. The first kappa shape index (κ1) is 16.1. The van der Waals surface area contributed by atoms with Crippen LogP contribution in [0.5, 0.6) is 0 Å². The highest BCUT2D eigenvalue weighted by Crippen LogP contribution is 2.22. The number of hydrogen-bond donors (Lipinski definition) is 1. The van der Waals surface area contributed by atoms with Crippen molar-refractivity contribution in [1.29, 1.82) is 5.26 Å². The summed E-state index contributed by atoms with van der Waals surface area (Å²) in [4.78, 5) is 28.4. The van der Waals surface area contributed by atoms with Crippen LogP contribution in [0.1, 0.15) is 23.0 Å². The molecule has 1 saturated heterocycles. The first-order valence-corrected chi connectivity index (χ1v) is 8.51. The van der Waals surface area contributed by atoms with Crippen LogP contribution in [0.15, 0.2) is 42.9 Å². The number of fused-ring (bicyclic) bond motifs is 1. The fourth-order valence-electron chi connectivity index (χ4n) is 3.44. The minimum Gasteiger partial charge on any atom is -0.361 e. The second kappa shape index (κ2) is 6.48. The Kier molecular flexibility index (Phi) is 4.01. The molecular weight excluding hydrogens is 328 g/mol. The monoisotopic (exact) mass is 346 g/mol. The number of carbonyl (C=O) groups is 1. The Labute approximate surface area is 150 Å². The Hall–Kier alpha value is -3.40. The van der Waals surface area contributed by atoms with Gasteiger partial charge in [0.2, 0.25) is 0 Å². The fraction of sp³-hybridized carbons (Fsp3) is 0.263. The molecule has 2 aromatic heterocycles. The zero-order chi connectivity index (χ0) is 18.1. The van der Waals surface area contributed by atoms with Crippen LogP contribution in [0, 0.1) is 11.3 Å². The number of nitriles is 1. The van der Waals surface area contributed by atoms with Crippen molar-refractivity contribution in [3.05, 3.63) is 54.1 Å². The quantitative estimate of drug-likeness (QED) is 0.768. The fourth-order valence-corrected chi connectivity index (χ4v) is 3.44. The maximum Gasteiger partial charge on any atom is 0.254 e. The van der Waals surface area contributed by atoms with E-state index in [1.54, 1.807) is 6.20 Å². The highest BCUT2D eigenvalue weighted by molar-refractivity contribution is 5.98. The normalized spacial score (nSPS) is 17.3. The second-order valence-corrected chi connectivity index (χ2v) is 6.41. The smallest absolute Gasteiger partial charge is 0.254 e. The number of H-pyrrole nitrogens is 1. The van der Waals surface area contributed by atoms with Gasteiger partial charge >= 0.3 is 0 Å². The van der Waals surface area contributed by atoms with E-state index in [2.05, 4.69) is 21.0 Å². The minimum absolute atomic E-state index is 0.00622. The van der Waals surface area contributed by atoms with E-state index in [9.17, 15) is 10.1 Å². The zero-order valence-electron chi connectivity index (χ0n) is 14.4. The van der Waals surface area contributed by atoms with Crippen LogP contribution in [-0.2, 0) is 0 Å². The van der Waals surface area contributed by atoms with Gasteiger partial charge in [-0.2, -0.15) is 5.26 Å². The molecule has 130 valence electrons. The Bertz CT molecular complexity index is 1000. The summed E-state index contributed by atoms with van der Waals surface area (Å²) in [5, 5.41) is 10.3. The molecule has 0 bridgehead atoms. The molecule has 4 rings (SSSR count). The summed E-state index contributed by atoms with van der Waals surface area (Å²) in [6.07, 6.45) is 4.97. The number of nitrogens with one attached hydrogen (secondary N) is 1. The standard InChI is InChI=1S/C19H18N6O/c1-13-12-24(18-17(11-20)22-6-7-23-18)8-9-25(13)19(26)15-2-3-16-14(10-15)4-5-21-16/h2-7,10,13,21H,8-9,12H2,1H3. The summed E-state index contributed by atoms with van der Waals surface area (Å²) in [6, 6.07) is 9.76. The number of nitrogens with zero attached hydrogens (tertiary/aromatic N) is 5. The molecule has 1 aliphatic heterocycles. The first-order chi connectivity index (χ1) is 12.7. The van der Waals surface area contributed by atoms with Gasteiger partial charge in [-0.05, 0) is 31.2 Å². The summed E-state index contributed by atoms with van der Waals surface area (Å²) >= 11 is 0. The molecule has 1 fully saturated rings. The molecule has 3 aromatic rings. The number of piperazine rings is 1. The Morgan fingerprint density at radius 2 is 2.12 bits per heavy atom. The number of benzene rings is 1. The van der Waals surface area contributed by atoms with E-state index in [-0.39, 0.29) is 11.9 Å². The lowest BCUT2D eigenvalue weighted by molar-refractivity contribution is 0.0674. The lowest BCUT2D eigenvalue weighted by Gasteiger charge is -2.40.